The van der Waals surface area contributed by atoms with Crippen molar-refractivity contribution >= 4 is 56.4 Å². The predicted octanol–water partition coefficient (Wildman–Crippen LogP) is 5.33. The summed E-state index contributed by atoms with van der Waals surface area (Å²) in [4.78, 5) is 62.3. The molecule has 0 spiro atoms. The summed E-state index contributed by atoms with van der Waals surface area (Å²) in [5.41, 5.74) is -1.58. The monoisotopic (exact) mass is 805 g/mol. The number of benzene rings is 1. The predicted molar refractivity (Wildman–Crippen MR) is 202 cm³/mol. The zero-order valence-electron chi connectivity index (χ0n) is 32.1. The third-order valence-electron chi connectivity index (χ3n) is 10.9. The summed E-state index contributed by atoms with van der Waals surface area (Å²) in [7, 11) is -4.37. The lowest BCUT2D eigenvalue weighted by Gasteiger charge is -2.34. The van der Waals surface area contributed by atoms with Crippen molar-refractivity contribution in [3.63, 3.8) is 0 Å². The van der Waals surface area contributed by atoms with E-state index in [1.54, 1.807) is 39.0 Å². The molecule has 2 saturated carbocycles. The van der Waals surface area contributed by atoms with Crippen LogP contribution in [-0.2, 0) is 43.1 Å². The zero-order chi connectivity index (χ0) is 39.7. The summed E-state index contributed by atoms with van der Waals surface area (Å²) < 4.78 is 56.0. The van der Waals surface area contributed by atoms with Crippen LogP contribution in [0.1, 0.15) is 92.4 Å². The zero-order valence-corrected chi connectivity index (χ0v) is 33.7. The number of carbonyl (C=O) groups excluding carboxylic acids is 4. The molecule has 1 aromatic carbocycles. The van der Waals surface area contributed by atoms with Gasteiger partial charge in [0, 0.05) is 37.5 Å². The average molecular weight is 806 g/mol. The topological polar surface area (TPSA) is 177 Å². The number of esters is 1. The number of likely N-dealkylation sites (tertiary alicyclic amines) is 1. The molecule has 4 aliphatic rings. The van der Waals surface area contributed by atoms with Crippen LogP contribution in [0.3, 0.4) is 0 Å². The van der Waals surface area contributed by atoms with Crippen molar-refractivity contribution in [2.24, 2.45) is 23.2 Å². The highest BCUT2D eigenvalue weighted by Crippen LogP contribution is 2.58. The van der Waals surface area contributed by atoms with Crippen molar-refractivity contribution in [2.45, 2.75) is 116 Å². The van der Waals surface area contributed by atoms with E-state index in [1.165, 1.54) is 4.90 Å². The van der Waals surface area contributed by atoms with Crippen LogP contribution in [0.5, 0.6) is 11.6 Å². The van der Waals surface area contributed by atoms with Gasteiger partial charge in [0.05, 0.1) is 53.6 Å². The van der Waals surface area contributed by atoms with Gasteiger partial charge in [-0.3, -0.25) is 23.4 Å². The maximum absolute atomic E-state index is 14.8. The Labute approximate surface area is 327 Å². The maximum Gasteiger partial charge on any atom is 0.362 e. The highest BCUT2D eigenvalue weighted by molar-refractivity contribution is 7.85. The average Bonchev–Trinajstić information content (AvgIpc) is 4.03. The van der Waals surface area contributed by atoms with Gasteiger partial charge in [0.25, 0.3) is 0 Å². The highest BCUT2D eigenvalue weighted by atomic mass is 35.5. The minimum Gasteiger partial charge on any atom is -0.488 e. The number of rotatable bonds is 16. The van der Waals surface area contributed by atoms with E-state index < -0.39 is 63.1 Å². The standard InChI is InChI=1S/C39H52ClN3O11S/c1-6-24-20-39(24,37(47)42-55(48,49)54-25-11-12-25)21-31(44)30-17-26(52-32-19-33(51-7-2)41-35-27(32)9-8-10-29(35)40)22-43(30)36(46)28(23-13-15-50-16-14-23)18-34(45)53-38(3,4)5/h8-10,19,23-26,28,30H,6-7,11-18,20-22H2,1-5H3,(H,42,47)/t24-,26-,28+,30+,39-/m1/s1. The molecule has 14 nitrogen and oxygen atoms in total. The molecule has 1 aromatic heterocycles. The minimum absolute atomic E-state index is 0.0115. The lowest BCUT2D eigenvalue weighted by molar-refractivity contribution is -0.160. The van der Waals surface area contributed by atoms with Crippen LogP contribution in [0.25, 0.3) is 10.9 Å². The van der Waals surface area contributed by atoms with Gasteiger partial charge >= 0.3 is 16.3 Å². The van der Waals surface area contributed by atoms with E-state index in [4.69, 9.17) is 34.7 Å². The first-order chi connectivity index (χ1) is 26.0. The fourth-order valence-corrected chi connectivity index (χ4v) is 9.19. The van der Waals surface area contributed by atoms with E-state index in [9.17, 15) is 27.6 Å². The van der Waals surface area contributed by atoms with Crippen LogP contribution in [0, 0.1) is 23.2 Å². The van der Waals surface area contributed by atoms with Crippen molar-refractivity contribution in [2.75, 3.05) is 26.4 Å². The Morgan fingerprint density at radius 3 is 2.45 bits per heavy atom. The smallest absolute Gasteiger partial charge is 0.362 e. The van der Waals surface area contributed by atoms with Crippen molar-refractivity contribution in [3.05, 3.63) is 29.3 Å². The lowest BCUT2D eigenvalue weighted by atomic mass is 9.82. The Morgan fingerprint density at radius 1 is 1.09 bits per heavy atom. The van der Waals surface area contributed by atoms with Gasteiger partial charge in [-0.1, -0.05) is 31.0 Å². The maximum atomic E-state index is 14.8. The Balaban J connectivity index is 1.31. The summed E-state index contributed by atoms with van der Waals surface area (Å²) in [5.74, 6) is -2.64. The summed E-state index contributed by atoms with van der Waals surface area (Å²) in [5, 5.41) is 1.01. The second kappa shape index (κ2) is 16.5. The fraction of sp³-hybridized carbons (Fsp3) is 0.667. The molecule has 55 heavy (non-hydrogen) atoms. The molecular weight excluding hydrogens is 754 g/mol. The van der Waals surface area contributed by atoms with Crippen molar-refractivity contribution < 1.29 is 50.7 Å². The molecule has 2 aromatic rings. The number of amides is 2. The first-order valence-corrected chi connectivity index (χ1v) is 21.1. The molecule has 5 atom stereocenters. The minimum atomic E-state index is -4.37. The van der Waals surface area contributed by atoms with Crippen molar-refractivity contribution in [1.29, 1.82) is 0 Å². The first kappa shape index (κ1) is 41.1. The number of Topliss-reactive ketones (excluding diaryl/α,β-unsaturated/α-hetero) is 1. The van der Waals surface area contributed by atoms with Gasteiger partial charge < -0.3 is 23.8 Å². The molecule has 0 bridgehead atoms. The van der Waals surface area contributed by atoms with Gasteiger partial charge in [-0.25, -0.2) is 9.71 Å². The molecule has 2 aliphatic heterocycles. The number of fused-ring (bicyclic) bond motifs is 1. The summed E-state index contributed by atoms with van der Waals surface area (Å²) in [6.07, 6.45) is 1.61. The normalized spacial score (nSPS) is 25.0. The quantitative estimate of drug-likeness (QED) is 0.216. The Hall–Kier alpha value is -3.53. The number of para-hydroxylation sites is 1. The van der Waals surface area contributed by atoms with Crippen LogP contribution in [-0.4, -0.2) is 92.1 Å². The molecule has 2 saturated heterocycles. The number of aromatic nitrogens is 1. The number of hydrogen-bond donors (Lipinski definition) is 1. The molecule has 302 valence electrons. The van der Waals surface area contributed by atoms with E-state index in [0.29, 0.717) is 85.9 Å². The third-order valence-corrected chi connectivity index (χ3v) is 12.1. The molecule has 6 rings (SSSR count). The number of carbonyl (C=O) groups is 4. The Morgan fingerprint density at radius 2 is 1.82 bits per heavy atom. The molecule has 0 unspecified atom stereocenters. The Bertz CT molecular complexity index is 1890. The summed E-state index contributed by atoms with van der Waals surface area (Å²) >= 11 is 6.53. The van der Waals surface area contributed by atoms with Gasteiger partial charge in [0.2, 0.25) is 17.7 Å². The molecule has 2 amide bonds. The van der Waals surface area contributed by atoms with Gasteiger partial charge in [-0.15, -0.1) is 0 Å². The van der Waals surface area contributed by atoms with Crippen LogP contribution in [0.2, 0.25) is 5.02 Å². The second-order valence-corrected chi connectivity index (χ2v) is 17.9. The lowest BCUT2D eigenvalue weighted by Crippen LogP contribution is -2.48. The molecule has 2 aliphatic carbocycles. The molecule has 1 N–H and O–H groups in total. The largest absolute Gasteiger partial charge is 0.488 e. The van der Waals surface area contributed by atoms with Crippen LogP contribution < -0.4 is 14.2 Å². The molecule has 16 heteroatoms. The first-order valence-electron chi connectivity index (χ1n) is 19.3. The van der Waals surface area contributed by atoms with Gasteiger partial charge in [-0.2, -0.15) is 8.42 Å². The molecular formula is C39H52ClN3O11S. The molecule has 4 fully saturated rings. The SMILES string of the molecule is CCOc1cc(O[C@@H]2C[C@@H](C(=O)C[C@]3(C(=O)NS(=O)(=O)OC4CC4)C[C@H]3CC)N(C(=O)[C@@H](CC(=O)OC(C)(C)C)C3CCOCC3)C2)c2cccc(Cl)c2n1. The Kier molecular flexibility index (Phi) is 12.3. The number of ether oxygens (including phenoxy) is 4. The van der Waals surface area contributed by atoms with E-state index in [0.717, 1.165) is 0 Å². The third kappa shape index (κ3) is 9.89. The highest BCUT2D eigenvalue weighted by Gasteiger charge is 2.61. The van der Waals surface area contributed by atoms with E-state index in [1.807, 2.05) is 19.9 Å². The number of ketones is 1. The fourth-order valence-electron chi connectivity index (χ4n) is 7.94. The molecule has 0 radical (unpaired) electrons. The van der Waals surface area contributed by atoms with Gasteiger partial charge in [0.15, 0.2) is 5.78 Å². The van der Waals surface area contributed by atoms with Crippen LogP contribution >= 0.6 is 11.6 Å². The number of hydrogen-bond acceptors (Lipinski definition) is 12. The van der Waals surface area contributed by atoms with E-state index >= 15 is 0 Å². The number of nitrogens with one attached hydrogen (secondary N) is 1. The second-order valence-electron chi connectivity index (χ2n) is 16.1. The number of nitrogens with zero attached hydrogens (tertiary/aromatic N) is 2. The van der Waals surface area contributed by atoms with Gasteiger partial charge in [0.1, 0.15) is 17.5 Å². The number of halogens is 1. The molecule has 3 heterocycles. The van der Waals surface area contributed by atoms with Crippen molar-refractivity contribution in [1.82, 2.24) is 14.6 Å². The van der Waals surface area contributed by atoms with Crippen molar-refractivity contribution in [3.8, 4) is 11.6 Å². The van der Waals surface area contributed by atoms with E-state index in [-0.39, 0.29) is 43.6 Å². The number of pyridine rings is 1. The summed E-state index contributed by atoms with van der Waals surface area (Å²) in [6, 6.07) is 5.91. The van der Waals surface area contributed by atoms with Crippen LogP contribution in [0.4, 0.5) is 0 Å². The van der Waals surface area contributed by atoms with E-state index in [2.05, 4.69) is 9.71 Å². The van der Waals surface area contributed by atoms with Crippen LogP contribution in [0.15, 0.2) is 24.3 Å². The summed E-state index contributed by atoms with van der Waals surface area (Å²) in [6.45, 7) is 10.2. The van der Waals surface area contributed by atoms with Gasteiger partial charge in [-0.05, 0) is 83.8 Å².